The van der Waals surface area contributed by atoms with Gasteiger partial charge in [0.15, 0.2) is 0 Å². The van der Waals surface area contributed by atoms with Crippen LogP contribution in [0.3, 0.4) is 0 Å². The Bertz CT molecular complexity index is 650. The van der Waals surface area contributed by atoms with Crippen LogP contribution in [-0.2, 0) is 4.74 Å². The van der Waals surface area contributed by atoms with Crippen molar-refractivity contribution in [3.63, 3.8) is 0 Å². The molecule has 0 atom stereocenters. The molecule has 100 valence electrons. The van der Waals surface area contributed by atoms with E-state index in [4.69, 9.17) is 5.26 Å². The molecule has 1 heterocycles. The number of aromatic nitrogens is 1. The molecule has 0 amide bonds. The molecule has 0 aliphatic carbocycles. The van der Waals surface area contributed by atoms with Gasteiger partial charge in [0.25, 0.3) is 0 Å². The minimum absolute atomic E-state index is 0.204. The Morgan fingerprint density at radius 3 is 2.70 bits per heavy atom. The summed E-state index contributed by atoms with van der Waals surface area (Å²) in [7, 11) is 1.29. The molecule has 0 spiro atoms. The first-order valence-electron chi connectivity index (χ1n) is 5.80. The van der Waals surface area contributed by atoms with Gasteiger partial charge in [-0.1, -0.05) is 18.2 Å². The number of ether oxygens (including phenoxy) is 1. The van der Waals surface area contributed by atoms with Crippen LogP contribution in [0.5, 0.6) is 0 Å². The van der Waals surface area contributed by atoms with Gasteiger partial charge in [-0.15, -0.1) is 0 Å². The molecule has 0 unspecified atom stereocenters. The van der Waals surface area contributed by atoms with Crippen LogP contribution in [0.4, 0.5) is 11.4 Å². The highest BCUT2D eigenvalue weighted by atomic mass is 16.5. The molecular weight excluding hydrogens is 256 g/mol. The standard InChI is InChI=1S/C14H12N4O2/c1-20-14(19)12-9-16-11(8-15)7-13(12)18-17-10-5-3-2-4-6-10/h2-7,9,17H,1H3,(H,16,18). The van der Waals surface area contributed by atoms with Crippen molar-refractivity contribution >= 4 is 17.3 Å². The Kier molecular flexibility index (Phi) is 4.14. The predicted molar refractivity (Wildman–Crippen MR) is 74.0 cm³/mol. The highest BCUT2D eigenvalue weighted by Gasteiger charge is 2.13. The number of para-hydroxylation sites is 1. The van der Waals surface area contributed by atoms with E-state index in [0.29, 0.717) is 5.69 Å². The summed E-state index contributed by atoms with van der Waals surface area (Å²) in [5.41, 5.74) is 7.50. The number of pyridine rings is 1. The smallest absolute Gasteiger partial charge is 0.341 e. The number of benzene rings is 1. The van der Waals surface area contributed by atoms with Gasteiger partial charge in [-0.25, -0.2) is 9.78 Å². The molecule has 1 aromatic heterocycles. The van der Waals surface area contributed by atoms with Crippen molar-refractivity contribution in [2.24, 2.45) is 0 Å². The molecule has 20 heavy (non-hydrogen) atoms. The number of nitrogens with one attached hydrogen (secondary N) is 2. The van der Waals surface area contributed by atoms with E-state index in [1.165, 1.54) is 19.4 Å². The summed E-state index contributed by atoms with van der Waals surface area (Å²) in [6.07, 6.45) is 1.30. The lowest BCUT2D eigenvalue weighted by Crippen LogP contribution is -2.14. The van der Waals surface area contributed by atoms with Gasteiger partial charge >= 0.3 is 5.97 Å². The van der Waals surface area contributed by atoms with Crippen molar-refractivity contribution in [3.8, 4) is 6.07 Å². The van der Waals surface area contributed by atoms with E-state index >= 15 is 0 Å². The first-order valence-corrected chi connectivity index (χ1v) is 5.80. The van der Waals surface area contributed by atoms with Crippen molar-refractivity contribution in [3.05, 3.63) is 53.9 Å². The van der Waals surface area contributed by atoms with Crippen LogP contribution in [0, 0.1) is 11.3 Å². The Hall–Kier alpha value is -3.07. The topological polar surface area (TPSA) is 87.0 Å². The van der Waals surface area contributed by atoms with Gasteiger partial charge in [0.2, 0.25) is 0 Å². The van der Waals surface area contributed by atoms with Crippen LogP contribution in [0.25, 0.3) is 0 Å². The molecule has 2 rings (SSSR count). The van der Waals surface area contributed by atoms with Crippen LogP contribution in [0.2, 0.25) is 0 Å². The Morgan fingerprint density at radius 2 is 2.05 bits per heavy atom. The molecule has 0 aliphatic rings. The van der Waals surface area contributed by atoms with E-state index < -0.39 is 5.97 Å². The first kappa shape index (κ1) is 13.4. The van der Waals surface area contributed by atoms with Gasteiger partial charge < -0.3 is 10.2 Å². The van der Waals surface area contributed by atoms with E-state index in [2.05, 4.69) is 20.6 Å². The maximum absolute atomic E-state index is 11.6. The van der Waals surface area contributed by atoms with Gasteiger partial charge in [0.05, 0.1) is 18.5 Å². The first-order chi connectivity index (χ1) is 9.74. The van der Waals surface area contributed by atoms with Crippen LogP contribution < -0.4 is 10.9 Å². The summed E-state index contributed by atoms with van der Waals surface area (Å²) < 4.78 is 4.67. The second-order valence-corrected chi connectivity index (χ2v) is 3.83. The van der Waals surface area contributed by atoms with Crippen molar-refractivity contribution in [2.75, 3.05) is 18.0 Å². The van der Waals surface area contributed by atoms with E-state index in [9.17, 15) is 4.79 Å². The summed E-state index contributed by atoms with van der Waals surface area (Å²) in [6, 6.07) is 12.8. The molecule has 0 saturated heterocycles. The summed E-state index contributed by atoms with van der Waals surface area (Å²) in [6.45, 7) is 0. The fourth-order valence-electron chi connectivity index (χ4n) is 1.55. The number of hydrazine groups is 1. The highest BCUT2D eigenvalue weighted by Crippen LogP contribution is 2.17. The Balaban J connectivity index is 2.24. The Morgan fingerprint density at radius 1 is 1.30 bits per heavy atom. The largest absolute Gasteiger partial charge is 0.465 e. The molecule has 0 aliphatic heterocycles. The summed E-state index contributed by atoms with van der Waals surface area (Å²) in [5.74, 6) is -0.528. The summed E-state index contributed by atoms with van der Waals surface area (Å²) in [4.78, 5) is 15.5. The van der Waals surface area contributed by atoms with Gasteiger partial charge in [-0.3, -0.25) is 5.43 Å². The van der Waals surface area contributed by atoms with E-state index in [1.54, 1.807) is 0 Å². The minimum atomic E-state index is -0.528. The third kappa shape index (κ3) is 3.03. The lowest BCUT2D eigenvalue weighted by atomic mass is 10.2. The number of hydrogen-bond donors (Lipinski definition) is 2. The summed E-state index contributed by atoms with van der Waals surface area (Å²) in [5, 5.41) is 8.86. The number of esters is 1. The normalized spacial score (nSPS) is 9.40. The van der Waals surface area contributed by atoms with Crippen LogP contribution >= 0.6 is 0 Å². The van der Waals surface area contributed by atoms with E-state index in [0.717, 1.165) is 5.69 Å². The molecule has 2 N–H and O–H groups in total. The van der Waals surface area contributed by atoms with E-state index in [1.807, 2.05) is 36.4 Å². The number of carbonyl (C=O) groups excluding carboxylic acids is 1. The maximum atomic E-state index is 11.6. The quantitative estimate of drug-likeness (QED) is 0.652. The molecule has 0 bridgehead atoms. The SMILES string of the molecule is COC(=O)c1cnc(C#N)cc1NNc1ccccc1. The third-order valence-electron chi connectivity index (χ3n) is 2.54. The fourth-order valence-corrected chi connectivity index (χ4v) is 1.55. The monoisotopic (exact) mass is 268 g/mol. The molecule has 0 saturated carbocycles. The zero-order valence-corrected chi connectivity index (χ0v) is 10.8. The fraction of sp³-hybridized carbons (Fsp3) is 0.0714. The molecule has 0 radical (unpaired) electrons. The number of anilines is 2. The number of hydrogen-bond acceptors (Lipinski definition) is 6. The van der Waals surface area contributed by atoms with Gasteiger partial charge in [0, 0.05) is 12.3 Å². The average molecular weight is 268 g/mol. The zero-order valence-electron chi connectivity index (χ0n) is 10.8. The van der Waals surface area contributed by atoms with Crippen LogP contribution in [-0.4, -0.2) is 18.1 Å². The van der Waals surface area contributed by atoms with Crippen molar-refractivity contribution in [1.29, 1.82) is 5.26 Å². The van der Waals surface area contributed by atoms with Crippen LogP contribution in [0.1, 0.15) is 16.1 Å². The summed E-state index contributed by atoms with van der Waals surface area (Å²) >= 11 is 0. The molecule has 0 fully saturated rings. The molecular formula is C14H12N4O2. The van der Waals surface area contributed by atoms with Gasteiger partial charge in [-0.2, -0.15) is 5.26 Å². The van der Waals surface area contributed by atoms with Crippen molar-refractivity contribution in [2.45, 2.75) is 0 Å². The number of rotatable bonds is 4. The minimum Gasteiger partial charge on any atom is -0.465 e. The van der Waals surface area contributed by atoms with E-state index in [-0.39, 0.29) is 11.3 Å². The third-order valence-corrected chi connectivity index (χ3v) is 2.54. The van der Waals surface area contributed by atoms with Gasteiger partial charge in [-0.05, 0) is 12.1 Å². The second-order valence-electron chi connectivity index (χ2n) is 3.83. The number of nitriles is 1. The lowest BCUT2D eigenvalue weighted by Gasteiger charge is -2.12. The predicted octanol–water partition coefficient (Wildman–Crippen LogP) is 2.18. The number of nitrogens with zero attached hydrogens (tertiary/aromatic N) is 2. The Labute approximate surface area is 116 Å². The zero-order chi connectivity index (χ0) is 14.4. The van der Waals surface area contributed by atoms with Crippen molar-refractivity contribution < 1.29 is 9.53 Å². The number of carbonyl (C=O) groups is 1. The molecule has 6 heteroatoms. The van der Waals surface area contributed by atoms with Gasteiger partial charge in [0.1, 0.15) is 17.3 Å². The lowest BCUT2D eigenvalue weighted by molar-refractivity contribution is 0.0601. The number of methoxy groups -OCH3 is 1. The van der Waals surface area contributed by atoms with Crippen LogP contribution in [0.15, 0.2) is 42.6 Å². The second kappa shape index (κ2) is 6.20. The average Bonchev–Trinajstić information content (AvgIpc) is 2.52. The highest BCUT2D eigenvalue weighted by molar-refractivity contribution is 5.95. The maximum Gasteiger partial charge on any atom is 0.341 e. The van der Waals surface area contributed by atoms with Crippen molar-refractivity contribution in [1.82, 2.24) is 4.98 Å². The molecule has 2 aromatic rings. The molecule has 6 nitrogen and oxygen atoms in total. The molecule has 1 aromatic carbocycles.